The molecule has 1 saturated heterocycles. The summed E-state index contributed by atoms with van der Waals surface area (Å²) in [5, 5.41) is 0. The van der Waals surface area contributed by atoms with Crippen molar-refractivity contribution in [3.63, 3.8) is 0 Å². The average molecular weight is 434 g/mol. The molecule has 32 heavy (non-hydrogen) atoms. The monoisotopic (exact) mass is 433 g/mol. The maximum Gasteiger partial charge on any atom is 0.161 e. The zero-order valence-electron chi connectivity index (χ0n) is 20.4. The summed E-state index contributed by atoms with van der Waals surface area (Å²) < 4.78 is 11.7. The Morgan fingerprint density at radius 1 is 1.09 bits per heavy atom. The highest BCUT2D eigenvalue weighted by Gasteiger charge is 2.31. The Morgan fingerprint density at radius 2 is 1.84 bits per heavy atom. The summed E-state index contributed by atoms with van der Waals surface area (Å²) in [5.74, 6) is 2.65. The van der Waals surface area contributed by atoms with E-state index in [1.165, 1.54) is 11.1 Å². The van der Waals surface area contributed by atoms with E-state index in [-0.39, 0.29) is 0 Å². The van der Waals surface area contributed by atoms with Crippen LogP contribution in [0.15, 0.2) is 85.0 Å². The third-order valence-electron chi connectivity index (χ3n) is 5.66. The van der Waals surface area contributed by atoms with Crippen molar-refractivity contribution >= 4 is 0 Å². The number of ether oxygens (including phenoxy) is 2. The van der Waals surface area contributed by atoms with Crippen molar-refractivity contribution in [2.45, 2.75) is 40.2 Å². The van der Waals surface area contributed by atoms with Crippen molar-refractivity contribution in [1.29, 1.82) is 0 Å². The summed E-state index contributed by atoms with van der Waals surface area (Å²) in [7, 11) is 1.69. The predicted molar refractivity (Wildman–Crippen MR) is 137 cm³/mol. The van der Waals surface area contributed by atoms with Gasteiger partial charge in [-0.25, -0.2) is 0 Å². The Kier molecular flexibility index (Phi) is 10.8. The molecule has 1 aliphatic heterocycles. The minimum atomic E-state index is 0.477. The number of likely N-dealkylation sites (tertiary alicyclic amines) is 1. The highest BCUT2D eigenvalue weighted by molar-refractivity contribution is 5.44. The van der Waals surface area contributed by atoms with Crippen LogP contribution in [0.1, 0.15) is 44.7 Å². The average Bonchev–Trinajstić information content (AvgIpc) is 3.19. The van der Waals surface area contributed by atoms with Crippen molar-refractivity contribution in [3.05, 3.63) is 96.1 Å². The van der Waals surface area contributed by atoms with Gasteiger partial charge in [-0.15, -0.1) is 0 Å². The van der Waals surface area contributed by atoms with Crippen LogP contribution in [0.25, 0.3) is 0 Å². The van der Waals surface area contributed by atoms with Gasteiger partial charge in [-0.05, 0) is 41.7 Å². The van der Waals surface area contributed by atoms with Gasteiger partial charge >= 0.3 is 0 Å². The van der Waals surface area contributed by atoms with Crippen molar-refractivity contribution in [2.24, 2.45) is 5.92 Å². The molecule has 2 aromatic carbocycles. The molecule has 3 heteroatoms. The Labute approximate surface area is 195 Å². The first-order valence-electron chi connectivity index (χ1n) is 11.7. The van der Waals surface area contributed by atoms with Gasteiger partial charge in [0.15, 0.2) is 11.5 Å². The Morgan fingerprint density at radius 3 is 2.50 bits per heavy atom. The summed E-state index contributed by atoms with van der Waals surface area (Å²) in [6.45, 7) is 15.8. The van der Waals surface area contributed by atoms with Crippen molar-refractivity contribution < 1.29 is 9.47 Å². The second-order valence-electron chi connectivity index (χ2n) is 7.94. The fourth-order valence-electron chi connectivity index (χ4n) is 4.19. The van der Waals surface area contributed by atoms with E-state index >= 15 is 0 Å². The van der Waals surface area contributed by atoms with Gasteiger partial charge in [0.2, 0.25) is 0 Å². The van der Waals surface area contributed by atoms with Gasteiger partial charge in [0.25, 0.3) is 0 Å². The summed E-state index contributed by atoms with van der Waals surface area (Å²) in [4.78, 5) is 2.53. The maximum absolute atomic E-state index is 6.14. The Bertz CT molecular complexity index is 885. The molecule has 0 bridgehead atoms. The molecule has 1 fully saturated rings. The normalized spacial score (nSPS) is 18.8. The van der Waals surface area contributed by atoms with E-state index < -0.39 is 0 Å². The number of methoxy groups -OCH3 is 1. The lowest BCUT2D eigenvalue weighted by Crippen LogP contribution is -2.23. The van der Waals surface area contributed by atoms with E-state index in [9.17, 15) is 0 Å². The third-order valence-corrected chi connectivity index (χ3v) is 5.66. The lowest BCUT2D eigenvalue weighted by atomic mass is 9.90. The summed E-state index contributed by atoms with van der Waals surface area (Å²) >= 11 is 0. The molecule has 172 valence electrons. The van der Waals surface area contributed by atoms with Gasteiger partial charge in [-0.2, -0.15) is 0 Å². The topological polar surface area (TPSA) is 21.7 Å². The van der Waals surface area contributed by atoms with E-state index in [0.29, 0.717) is 18.4 Å². The number of nitrogens with zero attached hydrogens (tertiary/aromatic N) is 1. The molecule has 2 aromatic rings. The first kappa shape index (κ1) is 25.5. The molecule has 0 N–H and O–H groups in total. The highest BCUT2D eigenvalue weighted by atomic mass is 16.5. The zero-order chi connectivity index (χ0) is 23.3. The number of benzene rings is 2. The number of rotatable bonds is 9. The van der Waals surface area contributed by atoms with Crippen LogP contribution in [0.2, 0.25) is 0 Å². The predicted octanol–water partition coefficient (Wildman–Crippen LogP) is 7.02. The molecular formula is C29H39NO2. The van der Waals surface area contributed by atoms with Crippen LogP contribution in [0.3, 0.4) is 0 Å². The molecule has 1 heterocycles. The van der Waals surface area contributed by atoms with Gasteiger partial charge in [0.05, 0.1) is 7.11 Å². The van der Waals surface area contributed by atoms with Gasteiger partial charge in [0.1, 0.15) is 6.61 Å². The summed E-state index contributed by atoms with van der Waals surface area (Å²) in [5.41, 5.74) is 3.76. The fourth-order valence-corrected chi connectivity index (χ4v) is 4.19. The first-order valence-corrected chi connectivity index (χ1v) is 11.7. The van der Waals surface area contributed by atoms with Crippen LogP contribution in [-0.2, 0) is 6.61 Å². The molecule has 0 spiro atoms. The van der Waals surface area contributed by atoms with Crippen LogP contribution in [0.4, 0.5) is 0 Å². The SMILES string of the molecule is C=C/C=C(\C=C/C)CN1C[C@H](C)[C@H](c2ccc(OC)c(OCc3ccccc3)c2)C1.CC. The van der Waals surface area contributed by atoms with E-state index in [1.54, 1.807) is 7.11 Å². The van der Waals surface area contributed by atoms with Crippen molar-refractivity contribution in [2.75, 3.05) is 26.7 Å². The minimum Gasteiger partial charge on any atom is -0.493 e. The zero-order valence-corrected chi connectivity index (χ0v) is 20.4. The number of allylic oxidation sites excluding steroid dienone is 3. The van der Waals surface area contributed by atoms with Crippen LogP contribution < -0.4 is 9.47 Å². The molecule has 1 aliphatic rings. The summed E-state index contributed by atoms with van der Waals surface area (Å²) in [6.07, 6.45) is 8.22. The number of hydrogen-bond acceptors (Lipinski definition) is 3. The number of hydrogen-bond donors (Lipinski definition) is 0. The minimum absolute atomic E-state index is 0.477. The second kappa shape index (κ2) is 13.6. The van der Waals surface area contributed by atoms with Crippen LogP contribution >= 0.6 is 0 Å². The van der Waals surface area contributed by atoms with E-state index in [2.05, 4.69) is 67.8 Å². The molecule has 2 atom stereocenters. The molecule has 0 aliphatic carbocycles. The molecule has 0 radical (unpaired) electrons. The molecular weight excluding hydrogens is 394 g/mol. The van der Waals surface area contributed by atoms with Crippen molar-refractivity contribution in [1.82, 2.24) is 4.90 Å². The van der Waals surface area contributed by atoms with Crippen LogP contribution in [0.5, 0.6) is 11.5 Å². The molecule has 0 saturated carbocycles. The molecule has 3 rings (SSSR count). The Hall–Kier alpha value is -2.78. The first-order chi connectivity index (χ1) is 15.6. The lowest BCUT2D eigenvalue weighted by molar-refractivity contribution is 0.284. The molecule has 0 amide bonds. The smallest absolute Gasteiger partial charge is 0.161 e. The largest absolute Gasteiger partial charge is 0.493 e. The van der Waals surface area contributed by atoms with Gasteiger partial charge in [0, 0.05) is 25.6 Å². The van der Waals surface area contributed by atoms with E-state index in [0.717, 1.165) is 36.7 Å². The molecule has 3 nitrogen and oxygen atoms in total. The van der Waals surface area contributed by atoms with Gasteiger partial charge in [-0.3, -0.25) is 4.90 Å². The quantitative estimate of drug-likeness (QED) is 0.396. The Balaban J connectivity index is 0.00000176. The van der Waals surface area contributed by atoms with Crippen LogP contribution in [-0.4, -0.2) is 31.6 Å². The van der Waals surface area contributed by atoms with Crippen LogP contribution in [0, 0.1) is 5.92 Å². The molecule has 0 unspecified atom stereocenters. The molecule has 0 aromatic heterocycles. The third kappa shape index (κ3) is 7.13. The van der Waals surface area contributed by atoms with E-state index in [4.69, 9.17) is 9.47 Å². The van der Waals surface area contributed by atoms with Gasteiger partial charge in [-0.1, -0.05) is 88.1 Å². The van der Waals surface area contributed by atoms with Crippen molar-refractivity contribution in [3.8, 4) is 11.5 Å². The van der Waals surface area contributed by atoms with E-state index in [1.807, 2.05) is 44.2 Å². The maximum atomic E-state index is 6.14. The highest BCUT2D eigenvalue weighted by Crippen LogP contribution is 2.37. The second-order valence-corrected chi connectivity index (χ2v) is 7.94. The van der Waals surface area contributed by atoms with Gasteiger partial charge < -0.3 is 9.47 Å². The summed E-state index contributed by atoms with van der Waals surface area (Å²) in [6, 6.07) is 16.6. The fraction of sp³-hybridized carbons (Fsp3) is 0.379. The standard InChI is InChI=1S/C27H33NO2.C2H6/c1-5-10-22(11-6-2)18-28-17-21(3)25(19-28)24-14-15-26(29-4)27(16-24)30-20-23-12-8-7-9-13-23;1-2/h5-16,21,25H,1,17-20H2,2-4H3;1-2H3/b11-6-,22-10+;/t21-,25+;/m0./s1. The lowest BCUT2D eigenvalue weighted by Gasteiger charge is -2.19.